The van der Waals surface area contributed by atoms with Crippen LogP contribution in [0.3, 0.4) is 0 Å². The minimum atomic E-state index is -0.236. The van der Waals surface area contributed by atoms with Gasteiger partial charge in [-0.05, 0) is 25.1 Å². The maximum Gasteiger partial charge on any atom is 0.148 e. The van der Waals surface area contributed by atoms with Crippen LogP contribution < -0.4 is 10.1 Å². The Balaban J connectivity index is 1.97. The molecule has 1 aliphatic rings. The van der Waals surface area contributed by atoms with E-state index in [9.17, 15) is 4.39 Å². The lowest BCUT2D eigenvalue weighted by Crippen LogP contribution is -2.19. The Kier molecular flexibility index (Phi) is 2.29. The van der Waals surface area contributed by atoms with Gasteiger partial charge in [0.25, 0.3) is 0 Å². The van der Waals surface area contributed by atoms with Crippen LogP contribution >= 0.6 is 0 Å². The van der Waals surface area contributed by atoms with Gasteiger partial charge in [-0.3, -0.25) is 0 Å². The highest BCUT2D eigenvalue weighted by Crippen LogP contribution is 2.29. The number of rotatable bonds is 2. The first-order chi connectivity index (χ1) is 7.84. The van der Waals surface area contributed by atoms with Crippen molar-refractivity contribution in [1.29, 1.82) is 0 Å². The minimum Gasteiger partial charge on any atom is -0.487 e. The van der Waals surface area contributed by atoms with Crippen LogP contribution in [0.15, 0.2) is 24.4 Å². The third kappa shape index (κ3) is 1.55. The van der Waals surface area contributed by atoms with E-state index in [-0.39, 0.29) is 11.9 Å². The maximum absolute atomic E-state index is 13.6. The van der Waals surface area contributed by atoms with E-state index in [1.165, 1.54) is 6.07 Å². The lowest BCUT2D eigenvalue weighted by Gasteiger charge is -2.11. The summed E-state index contributed by atoms with van der Waals surface area (Å²) in [6.45, 7) is 1.80. The molecule has 0 bridgehead atoms. The van der Waals surface area contributed by atoms with E-state index in [1.54, 1.807) is 12.3 Å². The average molecular weight is 220 g/mol. The molecule has 0 spiro atoms. The van der Waals surface area contributed by atoms with Gasteiger partial charge in [-0.25, -0.2) is 4.39 Å². The number of benzene rings is 1. The van der Waals surface area contributed by atoms with Gasteiger partial charge in [0.15, 0.2) is 0 Å². The number of aromatic amines is 1. The van der Waals surface area contributed by atoms with E-state index < -0.39 is 0 Å². The Morgan fingerprint density at radius 3 is 3.12 bits per heavy atom. The molecule has 1 aromatic carbocycles. The fraction of sp³-hybridized carbons (Fsp3) is 0.333. The molecule has 1 unspecified atom stereocenters. The summed E-state index contributed by atoms with van der Waals surface area (Å²) in [5.41, 5.74) is 0.779. The summed E-state index contributed by atoms with van der Waals surface area (Å²) in [4.78, 5) is 3.02. The Morgan fingerprint density at radius 1 is 1.38 bits per heavy atom. The molecule has 2 aromatic rings. The first-order valence-electron chi connectivity index (χ1n) is 5.47. The number of fused-ring (bicyclic) bond motifs is 1. The maximum atomic E-state index is 13.6. The van der Waals surface area contributed by atoms with Crippen LogP contribution in [0.5, 0.6) is 5.75 Å². The third-order valence-electron chi connectivity index (χ3n) is 2.93. The number of hydrogen-bond donors (Lipinski definition) is 2. The first kappa shape index (κ1) is 9.66. The summed E-state index contributed by atoms with van der Waals surface area (Å²) in [5, 5.41) is 3.77. The first-order valence-corrected chi connectivity index (χ1v) is 5.47. The summed E-state index contributed by atoms with van der Waals surface area (Å²) in [7, 11) is 0. The highest BCUT2D eigenvalue weighted by atomic mass is 19.1. The molecular weight excluding hydrogens is 207 g/mol. The van der Waals surface area contributed by atoms with Crippen molar-refractivity contribution in [2.75, 3.05) is 13.1 Å². The van der Waals surface area contributed by atoms with E-state index in [2.05, 4.69) is 10.3 Å². The second-order valence-corrected chi connectivity index (χ2v) is 4.05. The molecule has 1 aliphatic heterocycles. The fourth-order valence-corrected chi connectivity index (χ4v) is 2.11. The molecule has 1 saturated heterocycles. The second-order valence-electron chi connectivity index (χ2n) is 4.05. The minimum absolute atomic E-state index is 0.151. The number of aromatic nitrogens is 1. The third-order valence-corrected chi connectivity index (χ3v) is 2.93. The number of halogens is 1. The van der Waals surface area contributed by atoms with E-state index >= 15 is 0 Å². The molecule has 16 heavy (non-hydrogen) atoms. The molecule has 3 nitrogen and oxygen atoms in total. The van der Waals surface area contributed by atoms with E-state index in [0.717, 1.165) is 25.0 Å². The Labute approximate surface area is 92.6 Å². The predicted molar refractivity (Wildman–Crippen MR) is 60.2 cm³/mol. The molecule has 1 aromatic heterocycles. The quantitative estimate of drug-likeness (QED) is 0.812. The molecule has 0 aliphatic carbocycles. The van der Waals surface area contributed by atoms with Gasteiger partial charge in [-0.15, -0.1) is 0 Å². The number of hydrogen-bond acceptors (Lipinski definition) is 2. The van der Waals surface area contributed by atoms with Crippen molar-refractivity contribution in [3.8, 4) is 5.75 Å². The highest BCUT2D eigenvalue weighted by Gasteiger charge is 2.18. The lowest BCUT2D eigenvalue weighted by atomic mass is 10.2. The highest BCUT2D eigenvalue weighted by molar-refractivity contribution is 5.86. The topological polar surface area (TPSA) is 37.0 Å². The molecule has 0 saturated carbocycles. The Morgan fingerprint density at radius 2 is 2.31 bits per heavy atom. The van der Waals surface area contributed by atoms with Gasteiger partial charge < -0.3 is 15.0 Å². The molecule has 3 rings (SSSR count). The molecule has 2 N–H and O–H groups in total. The standard InChI is InChI=1S/C12H13FN2O/c13-9-2-1-3-10-12(9)11(7-15-10)16-8-4-5-14-6-8/h1-3,7-8,14-15H,4-6H2. The van der Waals surface area contributed by atoms with Gasteiger partial charge >= 0.3 is 0 Å². The van der Waals surface area contributed by atoms with Crippen molar-refractivity contribution in [2.45, 2.75) is 12.5 Å². The molecule has 1 fully saturated rings. The Bertz CT molecular complexity index is 503. The predicted octanol–water partition coefficient (Wildman–Crippen LogP) is 2.05. The van der Waals surface area contributed by atoms with Gasteiger partial charge in [0.1, 0.15) is 17.7 Å². The molecule has 1 atom stereocenters. The summed E-state index contributed by atoms with van der Waals surface area (Å²) in [6, 6.07) is 4.99. The fourth-order valence-electron chi connectivity index (χ4n) is 2.11. The van der Waals surface area contributed by atoms with E-state index in [4.69, 9.17) is 4.74 Å². The van der Waals surface area contributed by atoms with E-state index in [1.807, 2.05) is 6.07 Å². The van der Waals surface area contributed by atoms with Gasteiger partial charge in [0, 0.05) is 12.7 Å². The van der Waals surface area contributed by atoms with E-state index in [0.29, 0.717) is 11.1 Å². The van der Waals surface area contributed by atoms with Crippen LogP contribution in [0.25, 0.3) is 10.9 Å². The smallest absolute Gasteiger partial charge is 0.148 e. The monoisotopic (exact) mass is 220 g/mol. The van der Waals surface area contributed by atoms with Crippen molar-refractivity contribution >= 4 is 10.9 Å². The lowest BCUT2D eigenvalue weighted by molar-refractivity contribution is 0.225. The SMILES string of the molecule is Fc1cccc2[nH]cc(OC3CCNC3)c12. The summed E-state index contributed by atoms with van der Waals surface area (Å²) in [6.07, 6.45) is 2.85. The van der Waals surface area contributed by atoms with Crippen LogP contribution in [0.4, 0.5) is 4.39 Å². The van der Waals surface area contributed by atoms with Gasteiger partial charge in [0.05, 0.1) is 10.9 Å². The van der Waals surface area contributed by atoms with Crippen molar-refractivity contribution in [2.24, 2.45) is 0 Å². The van der Waals surface area contributed by atoms with Crippen LogP contribution in [-0.4, -0.2) is 24.2 Å². The molecule has 0 amide bonds. The van der Waals surface area contributed by atoms with Crippen molar-refractivity contribution in [3.63, 3.8) is 0 Å². The number of ether oxygens (including phenoxy) is 1. The van der Waals surface area contributed by atoms with Gasteiger partial charge in [-0.2, -0.15) is 0 Å². The summed E-state index contributed by atoms with van der Waals surface area (Å²) in [5.74, 6) is 0.376. The zero-order chi connectivity index (χ0) is 11.0. The van der Waals surface area contributed by atoms with Gasteiger partial charge in [0.2, 0.25) is 0 Å². The zero-order valence-electron chi connectivity index (χ0n) is 8.79. The Hall–Kier alpha value is -1.55. The molecule has 0 radical (unpaired) electrons. The van der Waals surface area contributed by atoms with Gasteiger partial charge in [-0.1, -0.05) is 6.07 Å². The number of nitrogens with one attached hydrogen (secondary N) is 2. The molecule has 84 valence electrons. The van der Waals surface area contributed by atoms with Crippen LogP contribution in [0, 0.1) is 5.82 Å². The summed E-state index contributed by atoms with van der Waals surface area (Å²) >= 11 is 0. The average Bonchev–Trinajstić information content (AvgIpc) is 2.90. The molecule has 4 heteroatoms. The van der Waals surface area contributed by atoms with Crippen LogP contribution in [-0.2, 0) is 0 Å². The van der Waals surface area contributed by atoms with Crippen LogP contribution in [0.1, 0.15) is 6.42 Å². The second kappa shape index (κ2) is 3.79. The number of H-pyrrole nitrogens is 1. The zero-order valence-corrected chi connectivity index (χ0v) is 8.79. The summed E-state index contributed by atoms with van der Waals surface area (Å²) < 4.78 is 19.4. The van der Waals surface area contributed by atoms with Crippen molar-refractivity contribution < 1.29 is 9.13 Å². The van der Waals surface area contributed by atoms with Crippen molar-refractivity contribution in [1.82, 2.24) is 10.3 Å². The van der Waals surface area contributed by atoms with Crippen LogP contribution in [0.2, 0.25) is 0 Å². The van der Waals surface area contributed by atoms with Crippen molar-refractivity contribution in [3.05, 3.63) is 30.2 Å². The molecular formula is C12H13FN2O. The molecule has 2 heterocycles. The largest absolute Gasteiger partial charge is 0.487 e. The normalized spacial score (nSPS) is 20.4.